The van der Waals surface area contributed by atoms with E-state index in [0.29, 0.717) is 0 Å². The predicted molar refractivity (Wildman–Crippen MR) is 173 cm³/mol. The number of fused-ring (bicyclic) bond motifs is 1. The highest BCUT2D eigenvalue weighted by atomic mass is 32.1. The van der Waals surface area contributed by atoms with E-state index in [-0.39, 0.29) is 0 Å². The third kappa shape index (κ3) is 4.88. The summed E-state index contributed by atoms with van der Waals surface area (Å²) in [7, 11) is 0. The van der Waals surface area contributed by atoms with Crippen LogP contribution in [0.25, 0.3) is 44.4 Å². The average Bonchev–Trinajstić information content (AvgIpc) is 3.55. The van der Waals surface area contributed by atoms with Gasteiger partial charge in [0.25, 0.3) is 0 Å². The molecule has 0 unspecified atom stereocenters. The van der Waals surface area contributed by atoms with Gasteiger partial charge in [-0.2, -0.15) is 8.75 Å². The molecule has 0 N–H and O–H groups in total. The summed E-state index contributed by atoms with van der Waals surface area (Å²) < 4.78 is 9.40. The van der Waals surface area contributed by atoms with Crippen LogP contribution in [0.5, 0.6) is 0 Å². The van der Waals surface area contributed by atoms with E-state index < -0.39 is 0 Å². The topological polar surface area (TPSA) is 25.8 Å². The highest BCUT2D eigenvalue weighted by Gasteiger charge is 2.17. The van der Waals surface area contributed by atoms with Gasteiger partial charge in [0.1, 0.15) is 11.0 Å². The summed E-state index contributed by atoms with van der Waals surface area (Å²) in [6, 6.07) is 55.7. The first-order valence-electron chi connectivity index (χ1n) is 13.7. The highest BCUT2D eigenvalue weighted by Crippen LogP contribution is 2.39. The lowest BCUT2D eigenvalue weighted by Gasteiger charge is -2.18. The van der Waals surface area contributed by atoms with Gasteiger partial charge >= 0.3 is 0 Å². The fourth-order valence-corrected chi connectivity index (χ4v) is 6.07. The molecule has 0 aliphatic carbocycles. The van der Waals surface area contributed by atoms with Gasteiger partial charge in [-0.3, -0.25) is 0 Å². The summed E-state index contributed by atoms with van der Waals surface area (Å²) in [6.07, 6.45) is 0. The minimum atomic E-state index is 0.942. The molecule has 0 saturated heterocycles. The smallest absolute Gasteiger partial charge is 0.113 e. The van der Waals surface area contributed by atoms with Crippen LogP contribution in [-0.2, 0) is 0 Å². The van der Waals surface area contributed by atoms with Crippen LogP contribution in [0.15, 0.2) is 158 Å². The first kappa shape index (κ1) is 24.9. The number of hydrogen-bond donors (Lipinski definition) is 0. The molecule has 3 heteroatoms. The molecule has 0 saturated carbocycles. The van der Waals surface area contributed by atoms with E-state index >= 15 is 0 Å². The van der Waals surface area contributed by atoms with Crippen molar-refractivity contribution in [1.29, 1.82) is 0 Å². The zero-order valence-electron chi connectivity index (χ0n) is 22.3. The molecule has 0 radical (unpaired) electrons. The molecule has 7 rings (SSSR count). The molecule has 1 aromatic heterocycles. The zero-order valence-corrected chi connectivity index (χ0v) is 23.1. The third-order valence-corrected chi connectivity index (χ3v) is 7.95. The van der Waals surface area contributed by atoms with Crippen molar-refractivity contribution >= 4 is 33.9 Å². The van der Waals surface area contributed by atoms with Gasteiger partial charge in [0.15, 0.2) is 0 Å². The lowest BCUT2D eigenvalue weighted by Crippen LogP contribution is -1.97. The molecule has 2 nitrogen and oxygen atoms in total. The molecule has 194 valence electrons. The molecule has 0 aliphatic heterocycles. The van der Waals surface area contributed by atoms with Gasteiger partial charge in [-0.25, -0.2) is 0 Å². The molecule has 7 aromatic rings. The Balaban J connectivity index is 1.39. The van der Waals surface area contributed by atoms with Gasteiger partial charge < -0.3 is 0 Å². The van der Waals surface area contributed by atoms with Gasteiger partial charge in [0, 0.05) is 11.1 Å². The minimum absolute atomic E-state index is 0.942. The summed E-state index contributed by atoms with van der Waals surface area (Å²) in [4.78, 5) is 0. The Bertz CT molecular complexity index is 1900. The summed E-state index contributed by atoms with van der Waals surface area (Å²) in [5.74, 6) is 0. The summed E-state index contributed by atoms with van der Waals surface area (Å²) >= 11 is 1.27. The Morgan fingerprint density at radius 1 is 0.341 bits per heavy atom. The Hall–Kier alpha value is -5.12. The molecule has 6 aromatic carbocycles. The van der Waals surface area contributed by atoms with Gasteiger partial charge in [-0.05, 0) is 44.5 Å². The second-order valence-corrected chi connectivity index (χ2v) is 10.4. The predicted octanol–water partition coefficient (Wildman–Crippen LogP) is 10.0. The molecule has 0 bridgehead atoms. The van der Waals surface area contributed by atoms with E-state index in [0.717, 1.165) is 38.9 Å². The summed E-state index contributed by atoms with van der Waals surface area (Å²) in [5, 5.41) is 0. The Morgan fingerprint density at radius 3 is 1.10 bits per heavy atom. The lowest BCUT2D eigenvalue weighted by atomic mass is 9.85. The molecule has 41 heavy (non-hydrogen) atoms. The van der Waals surface area contributed by atoms with Gasteiger partial charge in [-0.1, -0.05) is 158 Å². The van der Waals surface area contributed by atoms with Gasteiger partial charge in [0.2, 0.25) is 0 Å². The van der Waals surface area contributed by atoms with Crippen molar-refractivity contribution in [2.75, 3.05) is 0 Å². The quantitative estimate of drug-likeness (QED) is 0.195. The molecular weight excluding hydrogens is 516 g/mol. The van der Waals surface area contributed by atoms with E-state index in [2.05, 4.69) is 156 Å². The third-order valence-electron chi connectivity index (χ3n) is 7.42. The number of hydrogen-bond acceptors (Lipinski definition) is 3. The number of aromatic nitrogens is 2. The van der Waals surface area contributed by atoms with Crippen LogP contribution in [0.2, 0.25) is 0 Å². The van der Waals surface area contributed by atoms with Crippen LogP contribution in [-0.4, -0.2) is 8.75 Å². The molecule has 0 aliphatic rings. The second-order valence-electron chi connectivity index (χ2n) is 9.91. The van der Waals surface area contributed by atoms with E-state index in [1.165, 1.54) is 39.6 Å². The van der Waals surface area contributed by atoms with Crippen molar-refractivity contribution < 1.29 is 0 Å². The maximum atomic E-state index is 4.72. The van der Waals surface area contributed by atoms with Crippen LogP contribution in [0.1, 0.15) is 22.3 Å². The lowest BCUT2D eigenvalue weighted by molar-refractivity contribution is 1.50. The van der Waals surface area contributed by atoms with Crippen molar-refractivity contribution in [1.82, 2.24) is 8.75 Å². The van der Waals surface area contributed by atoms with Crippen molar-refractivity contribution in [2.24, 2.45) is 0 Å². The number of nitrogens with zero attached hydrogens (tertiary/aromatic N) is 2. The fraction of sp³-hybridized carbons (Fsp3) is 0. The van der Waals surface area contributed by atoms with Crippen molar-refractivity contribution in [3.63, 3.8) is 0 Å². The standard InChI is InChI=1S/C38H26N2S/c1-5-13-27(14-6-1)33-25-26-34(38-37(33)39-41-40-38)28-21-23-32(24-22-28)36(31-19-11-4-12-20-31)35(29-15-7-2-8-16-29)30-17-9-3-10-18-30/h1-26H. The van der Waals surface area contributed by atoms with Gasteiger partial charge in [0.05, 0.1) is 11.7 Å². The molecular formula is C38H26N2S. The van der Waals surface area contributed by atoms with E-state index in [4.69, 9.17) is 4.37 Å². The summed E-state index contributed by atoms with van der Waals surface area (Å²) in [5.41, 5.74) is 13.5. The average molecular weight is 543 g/mol. The fourth-order valence-electron chi connectivity index (χ4n) is 5.49. The van der Waals surface area contributed by atoms with Gasteiger partial charge in [-0.15, -0.1) is 0 Å². The monoisotopic (exact) mass is 542 g/mol. The Labute approximate surface area is 244 Å². The van der Waals surface area contributed by atoms with Crippen LogP contribution >= 0.6 is 11.7 Å². The normalized spacial score (nSPS) is 10.9. The van der Waals surface area contributed by atoms with Crippen LogP contribution < -0.4 is 0 Å². The van der Waals surface area contributed by atoms with Crippen molar-refractivity contribution in [3.8, 4) is 22.3 Å². The highest BCUT2D eigenvalue weighted by molar-refractivity contribution is 7.00. The van der Waals surface area contributed by atoms with Crippen LogP contribution in [0, 0.1) is 0 Å². The molecule has 0 amide bonds. The largest absolute Gasteiger partial charge is 0.172 e. The molecule has 0 fully saturated rings. The zero-order chi connectivity index (χ0) is 27.4. The Morgan fingerprint density at radius 2 is 0.683 bits per heavy atom. The molecule has 1 heterocycles. The van der Waals surface area contributed by atoms with E-state index in [1.807, 2.05) is 6.07 Å². The first-order valence-corrected chi connectivity index (χ1v) is 14.4. The van der Waals surface area contributed by atoms with Crippen molar-refractivity contribution in [2.45, 2.75) is 0 Å². The van der Waals surface area contributed by atoms with Crippen LogP contribution in [0.3, 0.4) is 0 Å². The van der Waals surface area contributed by atoms with E-state index in [1.54, 1.807) is 0 Å². The molecule has 0 spiro atoms. The van der Waals surface area contributed by atoms with Crippen LogP contribution in [0.4, 0.5) is 0 Å². The Kier molecular flexibility index (Phi) is 6.78. The summed E-state index contributed by atoms with van der Waals surface area (Å²) in [6.45, 7) is 0. The second kappa shape index (κ2) is 11.2. The van der Waals surface area contributed by atoms with Crippen molar-refractivity contribution in [3.05, 3.63) is 180 Å². The minimum Gasteiger partial charge on any atom is -0.172 e. The molecule has 0 atom stereocenters. The number of benzene rings is 6. The van der Waals surface area contributed by atoms with E-state index in [9.17, 15) is 0 Å². The SMILES string of the molecule is c1ccc(C(=C(c2ccccc2)c2ccc(-c3ccc(-c4ccccc4)c4nsnc34)cc2)c2ccccc2)cc1. The number of rotatable bonds is 6. The maximum Gasteiger partial charge on any atom is 0.113 e. The first-order chi connectivity index (χ1) is 20.4. The maximum absolute atomic E-state index is 4.72.